The molecule has 2 amide bonds. The van der Waals surface area contributed by atoms with E-state index >= 15 is 0 Å². The number of rotatable bonds is 12. The summed E-state index contributed by atoms with van der Waals surface area (Å²) in [6, 6.07) is 20.5. The second-order valence-corrected chi connectivity index (χ2v) is 11.0. The van der Waals surface area contributed by atoms with E-state index in [1.54, 1.807) is 17.2 Å². The van der Waals surface area contributed by atoms with Crippen LogP contribution in [0, 0.1) is 6.92 Å². The molecule has 0 spiro atoms. The number of aromatic nitrogens is 6. The van der Waals surface area contributed by atoms with Crippen molar-refractivity contribution in [3.05, 3.63) is 102 Å². The van der Waals surface area contributed by atoms with Crippen molar-refractivity contribution in [2.45, 2.75) is 51.4 Å². The van der Waals surface area contributed by atoms with Gasteiger partial charge in [-0.05, 0) is 37.8 Å². The molecule has 1 saturated heterocycles. The number of likely N-dealkylation sites (N-methyl/N-ethyl adjacent to an activating group) is 1. The van der Waals surface area contributed by atoms with Gasteiger partial charge in [0.15, 0.2) is 17.0 Å². The zero-order valence-corrected chi connectivity index (χ0v) is 25.4. The summed E-state index contributed by atoms with van der Waals surface area (Å²) in [5.74, 6) is -0.0654. The third-order valence-corrected chi connectivity index (χ3v) is 8.03. The molecule has 6 rings (SSSR count). The largest absolute Gasteiger partial charge is 0.367 e. The van der Waals surface area contributed by atoms with Crippen LogP contribution in [0.5, 0.6) is 0 Å². The Labute approximate surface area is 261 Å². The average molecular weight is 608 g/mol. The maximum absolute atomic E-state index is 13.4. The molecule has 1 aliphatic heterocycles. The number of imidazole rings is 2. The van der Waals surface area contributed by atoms with Crippen molar-refractivity contribution >= 4 is 28.8 Å². The summed E-state index contributed by atoms with van der Waals surface area (Å²) in [7, 11) is 0. The molecular weight excluding hydrogens is 570 g/mol. The van der Waals surface area contributed by atoms with Crippen molar-refractivity contribution in [2.24, 2.45) is 0 Å². The number of H-pyrrole nitrogens is 1. The molecule has 232 valence electrons. The summed E-state index contributed by atoms with van der Waals surface area (Å²) in [6.45, 7) is 5.23. The minimum Gasteiger partial charge on any atom is -0.367 e. The molecule has 0 aliphatic carbocycles. The average Bonchev–Trinajstić information content (AvgIpc) is 3.82. The van der Waals surface area contributed by atoms with E-state index in [2.05, 4.69) is 65.1 Å². The van der Waals surface area contributed by atoms with Crippen molar-refractivity contribution in [3.63, 3.8) is 0 Å². The van der Waals surface area contributed by atoms with Crippen LogP contribution in [-0.4, -0.2) is 67.0 Å². The minimum absolute atomic E-state index is 0.0137. The Bertz CT molecular complexity index is 1710. The fraction of sp³-hybridized carbons (Fsp3) is 0.333. The van der Waals surface area contributed by atoms with Gasteiger partial charge in [0.25, 0.3) is 5.91 Å². The number of nitrogens with zero attached hydrogens (tertiary/aromatic N) is 5. The number of ether oxygens (including phenoxy) is 1. The third kappa shape index (κ3) is 6.70. The first kappa shape index (κ1) is 29.9. The van der Waals surface area contributed by atoms with Crippen LogP contribution in [0.2, 0.25) is 0 Å². The van der Waals surface area contributed by atoms with Gasteiger partial charge >= 0.3 is 0 Å². The summed E-state index contributed by atoms with van der Waals surface area (Å²) in [6.07, 6.45) is 4.02. The maximum Gasteiger partial charge on any atom is 0.289 e. The molecular formula is C33H37N9O3. The van der Waals surface area contributed by atoms with Crippen LogP contribution in [0.3, 0.4) is 0 Å². The summed E-state index contributed by atoms with van der Waals surface area (Å²) in [4.78, 5) is 47.2. The molecule has 0 saturated carbocycles. The van der Waals surface area contributed by atoms with Crippen LogP contribution in [-0.2, 0) is 16.0 Å². The van der Waals surface area contributed by atoms with Gasteiger partial charge in [-0.1, -0.05) is 60.7 Å². The lowest BCUT2D eigenvalue weighted by atomic mass is 9.91. The topological polar surface area (TPSA) is 152 Å². The zero-order chi connectivity index (χ0) is 31.2. The zero-order valence-electron chi connectivity index (χ0n) is 25.4. The van der Waals surface area contributed by atoms with Gasteiger partial charge in [0.2, 0.25) is 11.7 Å². The van der Waals surface area contributed by atoms with Crippen molar-refractivity contribution < 1.29 is 14.3 Å². The molecule has 2 atom stereocenters. The molecule has 5 aromatic rings. The Morgan fingerprint density at radius 1 is 1.00 bits per heavy atom. The first-order valence-electron chi connectivity index (χ1n) is 15.3. The van der Waals surface area contributed by atoms with Gasteiger partial charge in [0.1, 0.15) is 12.3 Å². The number of hydrogen-bond acceptors (Lipinski definition) is 8. The number of aromatic amines is 1. The van der Waals surface area contributed by atoms with Crippen molar-refractivity contribution in [2.75, 3.05) is 25.0 Å². The second-order valence-electron chi connectivity index (χ2n) is 11.0. The Balaban J connectivity index is 1.30. The number of nitrogens with one attached hydrogen (secondary N) is 4. The van der Waals surface area contributed by atoms with E-state index in [-0.39, 0.29) is 17.6 Å². The smallest absolute Gasteiger partial charge is 0.289 e. The molecule has 1 fully saturated rings. The van der Waals surface area contributed by atoms with Crippen LogP contribution >= 0.6 is 0 Å². The van der Waals surface area contributed by atoms with Gasteiger partial charge in [0, 0.05) is 37.7 Å². The number of hydrogen-bond donors (Lipinski definition) is 4. The molecule has 0 bridgehead atoms. The van der Waals surface area contributed by atoms with E-state index < -0.39 is 18.2 Å². The van der Waals surface area contributed by atoms with Crippen LogP contribution in [0.15, 0.2) is 73.3 Å². The number of aryl methyl sites for hydroxylation is 1. The van der Waals surface area contributed by atoms with Crippen molar-refractivity contribution in [1.82, 2.24) is 40.1 Å². The van der Waals surface area contributed by atoms with E-state index in [9.17, 15) is 9.59 Å². The van der Waals surface area contributed by atoms with E-state index in [4.69, 9.17) is 4.74 Å². The fourth-order valence-corrected chi connectivity index (χ4v) is 5.67. The molecule has 4 heterocycles. The number of amides is 2. The molecule has 2 unspecified atom stereocenters. The lowest BCUT2D eigenvalue weighted by molar-refractivity contribution is -0.133. The van der Waals surface area contributed by atoms with Gasteiger partial charge in [0.05, 0.1) is 18.3 Å². The standard InChI is InChI=1S/C33H37N9O3/c1-3-34-32(43)26-14-15-27(45-26)42-20-39-28-29(36-18-24(22-10-6-4-7-11-22)23-12-8-5-9-13-23)40-30(41-31(28)42)33(44)35-17-16-25-21(2)37-19-38-25/h4-13,19-20,24,26-27H,3,14-18H2,1-2H3,(H,34,43)(H,35,44)(H,37,38)(H,36,40,41). The molecule has 12 heteroatoms. The van der Waals surface area contributed by atoms with Gasteiger partial charge in [-0.15, -0.1) is 0 Å². The fourth-order valence-electron chi connectivity index (χ4n) is 5.67. The number of benzene rings is 2. The Hall–Kier alpha value is -5.10. The van der Waals surface area contributed by atoms with Gasteiger partial charge < -0.3 is 25.7 Å². The maximum atomic E-state index is 13.4. The first-order chi connectivity index (χ1) is 22.0. The monoisotopic (exact) mass is 607 g/mol. The van der Waals surface area contributed by atoms with E-state index in [0.29, 0.717) is 55.9 Å². The minimum atomic E-state index is -0.558. The highest BCUT2D eigenvalue weighted by Gasteiger charge is 2.33. The number of anilines is 1. The molecule has 3 aromatic heterocycles. The lowest BCUT2D eigenvalue weighted by Gasteiger charge is -2.20. The Morgan fingerprint density at radius 2 is 1.73 bits per heavy atom. The van der Waals surface area contributed by atoms with Gasteiger partial charge in [-0.3, -0.25) is 14.2 Å². The normalized spacial score (nSPS) is 16.2. The number of carbonyl (C=O) groups excluding carboxylic acids is 2. The van der Waals surface area contributed by atoms with E-state index in [1.807, 2.05) is 50.2 Å². The van der Waals surface area contributed by atoms with Crippen molar-refractivity contribution in [3.8, 4) is 0 Å². The Morgan fingerprint density at radius 3 is 2.40 bits per heavy atom. The highest BCUT2D eigenvalue weighted by Crippen LogP contribution is 2.32. The summed E-state index contributed by atoms with van der Waals surface area (Å²) < 4.78 is 7.91. The number of fused-ring (bicyclic) bond motifs is 1. The summed E-state index contributed by atoms with van der Waals surface area (Å²) in [5.41, 5.74) is 5.12. The molecule has 4 N–H and O–H groups in total. The summed E-state index contributed by atoms with van der Waals surface area (Å²) in [5, 5.41) is 9.25. The van der Waals surface area contributed by atoms with Crippen molar-refractivity contribution in [1.29, 1.82) is 0 Å². The molecule has 2 aromatic carbocycles. The second kappa shape index (κ2) is 13.7. The van der Waals surface area contributed by atoms with E-state index in [1.165, 1.54) is 0 Å². The molecule has 0 radical (unpaired) electrons. The predicted octanol–water partition coefficient (Wildman–Crippen LogP) is 3.89. The highest BCUT2D eigenvalue weighted by molar-refractivity contribution is 5.94. The SMILES string of the molecule is CCNC(=O)C1CCC(n2cnc3c(NCC(c4ccccc4)c4ccccc4)nc(C(=O)NCCc4nc[nH]c4C)nc32)O1. The molecule has 45 heavy (non-hydrogen) atoms. The quantitative estimate of drug-likeness (QED) is 0.167. The van der Waals surface area contributed by atoms with Crippen LogP contribution in [0.25, 0.3) is 11.2 Å². The van der Waals surface area contributed by atoms with Gasteiger partial charge in [-0.2, -0.15) is 0 Å². The molecule has 12 nitrogen and oxygen atoms in total. The summed E-state index contributed by atoms with van der Waals surface area (Å²) >= 11 is 0. The predicted molar refractivity (Wildman–Crippen MR) is 170 cm³/mol. The van der Waals surface area contributed by atoms with Crippen LogP contribution in [0.4, 0.5) is 5.82 Å². The number of carbonyl (C=O) groups is 2. The molecule has 1 aliphatic rings. The third-order valence-electron chi connectivity index (χ3n) is 8.03. The van der Waals surface area contributed by atoms with Crippen LogP contribution < -0.4 is 16.0 Å². The van der Waals surface area contributed by atoms with Gasteiger partial charge in [-0.25, -0.2) is 19.9 Å². The van der Waals surface area contributed by atoms with E-state index in [0.717, 1.165) is 22.5 Å². The lowest BCUT2D eigenvalue weighted by Crippen LogP contribution is -2.34. The van der Waals surface area contributed by atoms with Crippen LogP contribution in [0.1, 0.15) is 65.0 Å². The highest BCUT2D eigenvalue weighted by atomic mass is 16.5. The first-order valence-corrected chi connectivity index (χ1v) is 15.3. The Kier molecular flexibility index (Phi) is 9.11.